The smallest absolute Gasteiger partial charge is 0.157 e. The average molecular weight is 355 g/mol. The van der Waals surface area contributed by atoms with Crippen LogP contribution < -0.4 is 4.90 Å². The Morgan fingerprint density at radius 2 is 1.81 bits per heavy atom. The molecule has 1 heterocycles. The van der Waals surface area contributed by atoms with Crippen molar-refractivity contribution in [2.24, 2.45) is 0 Å². The highest BCUT2D eigenvalue weighted by Gasteiger charge is 2.21. The predicted octanol–water partition coefficient (Wildman–Crippen LogP) is 5.37. The van der Waals surface area contributed by atoms with Crippen molar-refractivity contribution in [1.82, 2.24) is 9.97 Å². The second-order valence-corrected chi connectivity index (χ2v) is 6.47. The van der Waals surface area contributed by atoms with Crippen LogP contribution in [0.2, 0.25) is 0 Å². The maximum atomic E-state index is 15.5. The first-order valence-corrected chi connectivity index (χ1v) is 9.00. The van der Waals surface area contributed by atoms with Crippen molar-refractivity contribution in [2.45, 2.75) is 33.1 Å². The molecule has 0 aliphatic heterocycles. The van der Waals surface area contributed by atoms with Gasteiger partial charge in [0.15, 0.2) is 5.82 Å². The molecule has 0 unspecified atom stereocenters. The number of benzene rings is 2. The summed E-state index contributed by atoms with van der Waals surface area (Å²) in [6, 6.07) is 8.22. The van der Waals surface area contributed by atoms with Gasteiger partial charge in [0.05, 0.1) is 0 Å². The van der Waals surface area contributed by atoms with E-state index in [0.29, 0.717) is 23.2 Å². The lowest BCUT2D eigenvalue weighted by Gasteiger charge is -2.20. The molecule has 0 radical (unpaired) electrons. The largest absolute Gasteiger partial charge is 0.359 e. The van der Waals surface area contributed by atoms with Crippen molar-refractivity contribution in [2.75, 3.05) is 18.5 Å². The fourth-order valence-electron chi connectivity index (χ4n) is 3.37. The van der Waals surface area contributed by atoms with E-state index >= 15 is 4.39 Å². The SMILES string of the molecule is CCCc1cc2c(N(C)CCC)ncnc2c(F)c1-c1ccccc1F. The molecule has 0 N–H and O–H groups in total. The van der Waals surface area contributed by atoms with Gasteiger partial charge in [0, 0.05) is 30.1 Å². The van der Waals surface area contributed by atoms with Crippen LogP contribution in [0.1, 0.15) is 32.3 Å². The van der Waals surface area contributed by atoms with Gasteiger partial charge in [0.25, 0.3) is 0 Å². The zero-order valence-electron chi connectivity index (χ0n) is 15.4. The molecule has 3 aromatic rings. The first kappa shape index (κ1) is 18.2. The van der Waals surface area contributed by atoms with Crippen molar-refractivity contribution < 1.29 is 8.78 Å². The molecule has 0 aliphatic carbocycles. The van der Waals surface area contributed by atoms with E-state index in [0.717, 1.165) is 24.9 Å². The highest BCUT2D eigenvalue weighted by molar-refractivity contribution is 5.94. The summed E-state index contributed by atoms with van der Waals surface area (Å²) in [6.45, 7) is 4.92. The highest BCUT2D eigenvalue weighted by atomic mass is 19.1. The summed E-state index contributed by atoms with van der Waals surface area (Å²) in [6.07, 6.45) is 3.82. The van der Waals surface area contributed by atoms with E-state index in [2.05, 4.69) is 16.9 Å². The molecule has 1 aromatic heterocycles. The zero-order valence-corrected chi connectivity index (χ0v) is 15.4. The van der Waals surface area contributed by atoms with Gasteiger partial charge in [-0.1, -0.05) is 38.5 Å². The maximum Gasteiger partial charge on any atom is 0.157 e. The molecule has 0 aliphatic rings. The molecule has 0 amide bonds. The van der Waals surface area contributed by atoms with E-state index < -0.39 is 11.6 Å². The molecule has 0 bridgehead atoms. The summed E-state index contributed by atoms with van der Waals surface area (Å²) in [5.41, 5.74) is 1.59. The summed E-state index contributed by atoms with van der Waals surface area (Å²) in [5, 5.41) is 0.671. The number of anilines is 1. The molecule has 0 saturated carbocycles. The van der Waals surface area contributed by atoms with Gasteiger partial charge < -0.3 is 4.90 Å². The Morgan fingerprint density at radius 1 is 1.04 bits per heavy atom. The maximum absolute atomic E-state index is 15.5. The average Bonchev–Trinajstić information content (AvgIpc) is 2.63. The van der Waals surface area contributed by atoms with Gasteiger partial charge in [-0.3, -0.25) is 0 Å². The molecular formula is C21H23F2N3. The Hall–Kier alpha value is -2.56. The second kappa shape index (κ2) is 7.77. The summed E-state index contributed by atoms with van der Waals surface area (Å²) >= 11 is 0. The van der Waals surface area contributed by atoms with Gasteiger partial charge in [-0.05, 0) is 30.5 Å². The van der Waals surface area contributed by atoms with Crippen molar-refractivity contribution in [3.05, 3.63) is 53.9 Å². The first-order chi connectivity index (χ1) is 12.6. The fourth-order valence-corrected chi connectivity index (χ4v) is 3.37. The molecule has 3 nitrogen and oxygen atoms in total. The minimum atomic E-state index is -0.482. The van der Waals surface area contributed by atoms with Crippen LogP contribution in [0, 0.1) is 11.6 Å². The topological polar surface area (TPSA) is 29.0 Å². The van der Waals surface area contributed by atoms with Crippen LogP contribution in [0.3, 0.4) is 0 Å². The Kier molecular flexibility index (Phi) is 5.45. The summed E-state index contributed by atoms with van der Waals surface area (Å²) < 4.78 is 29.8. The number of rotatable bonds is 6. The van der Waals surface area contributed by atoms with Crippen molar-refractivity contribution in [1.29, 1.82) is 0 Å². The lowest BCUT2D eigenvalue weighted by atomic mass is 9.93. The minimum absolute atomic E-state index is 0.232. The minimum Gasteiger partial charge on any atom is -0.359 e. The van der Waals surface area contributed by atoms with Crippen LogP contribution in [0.5, 0.6) is 0 Å². The predicted molar refractivity (Wildman–Crippen MR) is 102 cm³/mol. The third-order valence-electron chi connectivity index (χ3n) is 4.51. The lowest BCUT2D eigenvalue weighted by molar-refractivity contribution is 0.618. The number of hydrogen-bond acceptors (Lipinski definition) is 3. The van der Waals surface area contributed by atoms with Gasteiger partial charge in [-0.25, -0.2) is 18.7 Å². The molecule has 26 heavy (non-hydrogen) atoms. The van der Waals surface area contributed by atoms with E-state index in [9.17, 15) is 4.39 Å². The lowest BCUT2D eigenvalue weighted by Crippen LogP contribution is -2.19. The molecule has 136 valence electrons. The van der Waals surface area contributed by atoms with Gasteiger partial charge >= 0.3 is 0 Å². The van der Waals surface area contributed by atoms with Gasteiger partial charge in [-0.15, -0.1) is 0 Å². The third kappa shape index (κ3) is 3.26. The van der Waals surface area contributed by atoms with Crippen molar-refractivity contribution in [3.8, 4) is 11.1 Å². The Morgan fingerprint density at radius 3 is 2.50 bits per heavy atom. The van der Waals surface area contributed by atoms with E-state index in [4.69, 9.17) is 0 Å². The number of fused-ring (bicyclic) bond motifs is 1. The Labute approximate surface area is 152 Å². The standard InChI is InChI=1S/C21H23F2N3/c1-4-8-14-12-16-20(24-13-25-21(16)26(3)11-5-2)19(23)18(14)15-9-6-7-10-17(15)22/h6-7,9-10,12-13H,4-5,8,11H2,1-3H3. The Balaban J connectivity index is 2.32. The summed E-state index contributed by atoms with van der Waals surface area (Å²) in [5.74, 6) is -0.210. The fraction of sp³-hybridized carbons (Fsp3) is 0.333. The van der Waals surface area contributed by atoms with Crippen LogP contribution in [-0.2, 0) is 6.42 Å². The second-order valence-electron chi connectivity index (χ2n) is 6.47. The molecular weight excluding hydrogens is 332 g/mol. The monoisotopic (exact) mass is 355 g/mol. The van der Waals surface area contributed by atoms with E-state index in [1.54, 1.807) is 18.2 Å². The molecule has 0 spiro atoms. The highest BCUT2D eigenvalue weighted by Crippen LogP contribution is 2.36. The van der Waals surface area contributed by atoms with Gasteiger partial charge in [0.1, 0.15) is 23.5 Å². The quantitative estimate of drug-likeness (QED) is 0.595. The van der Waals surface area contributed by atoms with Crippen LogP contribution in [-0.4, -0.2) is 23.6 Å². The molecule has 3 rings (SSSR count). The molecule has 0 saturated heterocycles. The van der Waals surface area contributed by atoms with E-state index in [1.807, 2.05) is 24.9 Å². The van der Waals surface area contributed by atoms with Gasteiger partial charge in [0.2, 0.25) is 0 Å². The summed E-state index contributed by atoms with van der Waals surface area (Å²) in [4.78, 5) is 10.5. The zero-order chi connectivity index (χ0) is 18.7. The molecule has 0 fully saturated rings. The Bertz CT molecular complexity index is 925. The normalized spacial score (nSPS) is 11.1. The first-order valence-electron chi connectivity index (χ1n) is 9.00. The number of nitrogens with zero attached hydrogens (tertiary/aromatic N) is 3. The van der Waals surface area contributed by atoms with E-state index in [1.165, 1.54) is 12.4 Å². The van der Waals surface area contributed by atoms with Gasteiger partial charge in [-0.2, -0.15) is 0 Å². The van der Waals surface area contributed by atoms with Crippen LogP contribution in [0.15, 0.2) is 36.7 Å². The molecule has 2 aromatic carbocycles. The van der Waals surface area contributed by atoms with E-state index in [-0.39, 0.29) is 11.1 Å². The molecule has 5 heteroatoms. The number of halogens is 2. The third-order valence-corrected chi connectivity index (χ3v) is 4.51. The number of aryl methyl sites for hydroxylation is 1. The number of hydrogen-bond donors (Lipinski definition) is 0. The van der Waals surface area contributed by atoms with Crippen LogP contribution >= 0.6 is 0 Å². The van der Waals surface area contributed by atoms with Crippen LogP contribution in [0.25, 0.3) is 22.0 Å². The van der Waals surface area contributed by atoms with Crippen LogP contribution in [0.4, 0.5) is 14.6 Å². The summed E-state index contributed by atoms with van der Waals surface area (Å²) in [7, 11) is 1.94. The van der Waals surface area contributed by atoms with Crippen molar-refractivity contribution in [3.63, 3.8) is 0 Å². The molecule has 0 atom stereocenters. The van der Waals surface area contributed by atoms with Crippen molar-refractivity contribution >= 4 is 16.7 Å². The number of aromatic nitrogens is 2.